The molecule has 5 nitrogen and oxygen atoms in total. The molecule has 0 aliphatic carbocycles. The Morgan fingerprint density at radius 2 is 1.74 bits per heavy atom. The van der Waals surface area contributed by atoms with E-state index in [2.05, 4.69) is 15.6 Å². The molecule has 0 aliphatic rings. The highest BCUT2D eigenvalue weighted by molar-refractivity contribution is 5.75. The Kier molecular flexibility index (Phi) is 4.69. The molecule has 0 radical (unpaired) electrons. The number of pyridine rings is 1. The molecule has 0 spiro atoms. The number of carbonyl (C=O) groups excluding carboxylic acids is 1. The predicted molar refractivity (Wildman–Crippen MR) is 86.6 cm³/mol. The minimum atomic E-state index is -0.257. The molecule has 116 valence electrons. The van der Waals surface area contributed by atoms with Crippen molar-refractivity contribution in [2.24, 2.45) is 0 Å². The van der Waals surface area contributed by atoms with Gasteiger partial charge in [0.05, 0.1) is 18.8 Å². The van der Waals surface area contributed by atoms with Crippen LogP contribution in [0.2, 0.25) is 0 Å². The minimum absolute atomic E-state index is 0.240. The summed E-state index contributed by atoms with van der Waals surface area (Å²) in [5.41, 5.74) is 1.98. The van der Waals surface area contributed by atoms with Crippen molar-refractivity contribution in [1.29, 1.82) is 0 Å². The topological polar surface area (TPSA) is 67.2 Å². The van der Waals surface area contributed by atoms with Gasteiger partial charge in [0.25, 0.3) is 0 Å². The molecule has 0 fully saturated rings. The molecule has 0 aliphatic heterocycles. The van der Waals surface area contributed by atoms with Crippen molar-refractivity contribution in [3.05, 3.63) is 90.1 Å². The molecule has 23 heavy (non-hydrogen) atoms. The van der Waals surface area contributed by atoms with E-state index in [1.165, 1.54) is 0 Å². The van der Waals surface area contributed by atoms with Crippen LogP contribution in [0.25, 0.3) is 0 Å². The van der Waals surface area contributed by atoms with Crippen molar-refractivity contribution in [2.75, 3.05) is 0 Å². The molecule has 0 saturated heterocycles. The second kappa shape index (κ2) is 7.26. The quantitative estimate of drug-likeness (QED) is 0.760. The van der Waals surface area contributed by atoms with E-state index in [9.17, 15) is 4.79 Å². The summed E-state index contributed by atoms with van der Waals surface area (Å²) in [6.07, 6.45) is 5.01. The Hall–Kier alpha value is -3.08. The maximum absolute atomic E-state index is 12.2. The van der Waals surface area contributed by atoms with Crippen molar-refractivity contribution in [2.45, 2.75) is 12.6 Å². The maximum Gasteiger partial charge on any atom is 0.315 e. The lowest BCUT2D eigenvalue weighted by molar-refractivity contribution is 0.237. The minimum Gasteiger partial charge on any atom is -0.467 e. The average molecular weight is 307 g/mol. The van der Waals surface area contributed by atoms with Crippen LogP contribution in [0.4, 0.5) is 4.79 Å². The van der Waals surface area contributed by atoms with Crippen LogP contribution in [0, 0.1) is 0 Å². The van der Waals surface area contributed by atoms with Crippen LogP contribution in [-0.2, 0) is 6.54 Å². The number of amides is 2. The van der Waals surface area contributed by atoms with Crippen LogP contribution < -0.4 is 10.6 Å². The second-order valence-corrected chi connectivity index (χ2v) is 5.03. The summed E-state index contributed by atoms with van der Waals surface area (Å²) < 4.78 is 5.21. The van der Waals surface area contributed by atoms with Gasteiger partial charge in [0.1, 0.15) is 5.76 Å². The van der Waals surface area contributed by atoms with Crippen LogP contribution in [0.3, 0.4) is 0 Å². The molecule has 1 unspecified atom stereocenters. The number of rotatable bonds is 5. The number of aromatic nitrogens is 1. The van der Waals surface area contributed by atoms with E-state index in [1.807, 2.05) is 48.5 Å². The van der Waals surface area contributed by atoms with Crippen LogP contribution in [0.15, 0.2) is 77.7 Å². The lowest BCUT2D eigenvalue weighted by Crippen LogP contribution is -2.38. The number of hydrogen-bond acceptors (Lipinski definition) is 3. The molecular formula is C18H17N3O2. The lowest BCUT2D eigenvalue weighted by atomic mass is 10.00. The fourth-order valence-corrected chi connectivity index (χ4v) is 2.32. The van der Waals surface area contributed by atoms with Gasteiger partial charge in [-0.25, -0.2) is 4.79 Å². The predicted octanol–water partition coefficient (Wildman–Crippen LogP) is 3.26. The van der Waals surface area contributed by atoms with Gasteiger partial charge in [-0.1, -0.05) is 30.3 Å². The summed E-state index contributed by atoms with van der Waals surface area (Å²) in [7, 11) is 0. The van der Waals surface area contributed by atoms with E-state index in [4.69, 9.17) is 4.42 Å². The number of nitrogens with zero attached hydrogens (tertiary/aromatic N) is 1. The molecule has 2 aromatic heterocycles. The van der Waals surface area contributed by atoms with E-state index < -0.39 is 0 Å². The smallest absolute Gasteiger partial charge is 0.315 e. The molecule has 2 N–H and O–H groups in total. The summed E-state index contributed by atoms with van der Waals surface area (Å²) in [5.74, 6) is 0.709. The molecule has 3 aromatic rings. The molecule has 0 saturated carbocycles. The summed E-state index contributed by atoms with van der Waals surface area (Å²) in [5, 5.41) is 5.79. The van der Waals surface area contributed by atoms with Crippen molar-refractivity contribution < 1.29 is 9.21 Å². The first kappa shape index (κ1) is 14.8. The highest BCUT2D eigenvalue weighted by Gasteiger charge is 2.16. The van der Waals surface area contributed by atoms with E-state index in [-0.39, 0.29) is 12.1 Å². The molecule has 1 atom stereocenters. The Morgan fingerprint density at radius 1 is 1.00 bits per heavy atom. The fraction of sp³-hybridized carbons (Fsp3) is 0.111. The molecule has 2 amide bonds. The molecular weight excluding hydrogens is 290 g/mol. The van der Waals surface area contributed by atoms with Crippen molar-refractivity contribution >= 4 is 6.03 Å². The first-order chi connectivity index (χ1) is 11.3. The Labute approximate surface area is 134 Å². The largest absolute Gasteiger partial charge is 0.467 e. The third kappa shape index (κ3) is 3.97. The first-order valence-corrected chi connectivity index (χ1v) is 7.34. The van der Waals surface area contributed by atoms with E-state index >= 15 is 0 Å². The van der Waals surface area contributed by atoms with Gasteiger partial charge >= 0.3 is 6.03 Å². The normalized spacial score (nSPS) is 11.7. The van der Waals surface area contributed by atoms with E-state index in [0.717, 1.165) is 11.1 Å². The van der Waals surface area contributed by atoms with E-state index in [1.54, 1.807) is 24.7 Å². The number of nitrogens with one attached hydrogen (secondary N) is 2. The fourth-order valence-electron chi connectivity index (χ4n) is 2.32. The zero-order valence-electron chi connectivity index (χ0n) is 12.5. The van der Waals surface area contributed by atoms with Gasteiger partial charge in [-0.2, -0.15) is 0 Å². The maximum atomic E-state index is 12.2. The lowest BCUT2D eigenvalue weighted by Gasteiger charge is -2.20. The number of urea groups is 1. The number of benzene rings is 1. The molecule has 0 bridgehead atoms. The van der Waals surface area contributed by atoms with Gasteiger partial charge in [-0.05, 0) is 35.4 Å². The second-order valence-electron chi connectivity index (χ2n) is 5.03. The van der Waals surface area contributed by atoms with Crippen LogP contribution in [-0.4, -0.2) is 11.0 Å². The highest BCUT2D eigenvalue weighted by atomic mass is 16.3. The average Bonchev–Trinajstić information content (AvgIpc) is 3.13. The number of furan rings is 1. The third-order valence-electron chi connectivity index (χ3n) is 3.45. The summed E-state index contributed by atoms with van der Waals surface area (Å²) in [6.45, 7) is 0.344. The van der Waals surface area contributed by atoms with Gasteiger partial charge in [-0.15, -0.1) is 0 Å². The summed E-state index contributed by atoms with van der Waals surface area (Å²) >= 11 is 0. The molecule has 3 rings (SSSR count). The number of carbonyl (C=O) groups is 1. The molecule has 1 aromatic carbocycles. The van der Waals surface area contributed by atoms with Crippen molar-refractivity contribution in [1.82, 2.24) is 15.6 Å². The molecule has 2 heterocycles. The number of hydrogen-bond donors (Lipinski definition) is 2. The van der Waals surface area contributed by atoms with Gasteiger partial charge < -0.3 is 15.1 Å². The van der Waals surface area contributed by atoms with Gasteiger partial charge in [-0.3, -0.25) is 4.98 Å². The van der Waals surface area contributed by atoms with Crippen molar-refractivity contribution in [3.63, 3.8) is 0 Å². The van der Waals surface area contributed by atoms with Crippen LogP contribution >= 0.6 is 0 Å². The van der Waals surface area contributed by atoms with E-state index in [0.29, 0.717) is 12.3 Å². The SMILES string of the molecule is O=C(NCc1ccco1)NC(c1ccccc1)c1ccncc1. The van der Waals surface area contributed by atoms with Crippen LogP contribution in [0.5, 0.6) is 0 Å². The standard InChI is InChI=1S/C18H17N3O2/c22-18(20-13-16-7-4-12-23-16)21-17(14-5-2-1-3-6-14)15-8-10-19-11-9-15/h1-12,17H,13H2,(H2,20,21,22). The first-order valence-electron chi connectivity index (χ1n) is 7.34. The van der Waals surface area contributed by atoms with Crippen LogP contribution in [0.1, 0.15) is 22.9 Å². The van der Waals surface area contributed by atoms with Gasteiger partial charge in [0.15, 0.2) is 0 Å². The van der Waals surface area contributed by atoms with Gasteiger partial charge in [0.2, 0.25) is 0 Å². The Balaban J connectivity index is 1.72. The Morgan fingerprint density at radius 3 is 2.43 bits per heavy atom. The summed E-state index contributed by atoms with van der Waals surface area (Å²) in [6, 6.07) is 16.7. The third-order valence-corrected chi connectivity index (χ3v) is 3.45. The molecule has 5 heteroatoms. The zero-order chi connectivity index (χ0) is 15.9. The van der Waals surface area contributed by atoms with Gasteiger partial charge in [0, 0.05) is 12.4 Å². The highest BCUT2D eigenvalue weighted by Crippen LogP contribution is 2.21. The Bertz CT molecular complexity index is 688. The monoisotopic (exact) mass is 307 g/mol. The van der Waals surface area contributed by atoms with Crippen molar-refractivity contribution in [3.8, 4) is 0 Å². The summed E-state index contributed by atoms with van der Waals surface area (Å²) in [4.78, 5) is 16.2. The zero-order valence-corrected chi connectivity index (χ0v) is 12.5.